The Kier molecular flexibility index (Phi) is 10.1. The minimum Gasteiger partial charge on any atom is -0.378 e. The summed E-state index contributed by atoms with van der Waals surface area (Å²) in [5.41, 5.74) is 5.43. The number of hydrogen-bond acceptors (Lipinski definition) is 4. The molecule has 0 aromatic rings. The van der Waals surface area contributed by atoms with Crippen LogP contribution in [0.3, 0.4) is 0 Å². The van der Waals surface area contributed by atoms with Crippen LogP contribution in [0.5, 0.6) is 0 Å². The molecule has 2 saturated heterocycles. The van der Waals surface area contributed by atoms with Gasteiger partial charge in [-0.15, -0.1) is 12.4 Å². The third-order valence-corrected chi connectivity index (χ3v) is 5.08. The van der Waals surface area contributed by atoms with E-state index in [1.54, 1.807) is 0 Å². The molecule has 2 aliphatic rings. The highest BCUT2D eigenvalue weighted by molar-refractivity contribution is 5.85. The van der Waals surface area contributed by atoms with Gasteiger partial charge >= 0.3 is 0 Å². The average molecular weight is 348 g/mol. The van der Waals surface area contributed by atoms with E-state index in [1.165, 1.54) is 38.6 Å². The van der Waals surface area contributed by atoms with Crippen LogP contribution in [0, 0.1) is 5.92 Å². The molecule has 0 spiro atoms. The predicted octanol–water partition coefficient (Wildman–Crippen LogP) is 1.93. The summed E-state index contributed by atoms with van der Waals surface area (Å²) in [5.74, 6) is 0.837. The van der Waals surface area contributed by atoms with Gasteiger partial charge in [0.1, 0.15) is 0 Å². The van der Waals surface area contributed by atoms with E-state index in [0.717, 1.165) is 32.0 Å². The standard InChI is InChI=1S/C17H33N3O2.ClH/c1-2-16-11-14(7-10-22-16)13-20-9-4-3-5-15(20)12-19-17(21)6-8-18;/h14-16H,2-13,18H2,1H3,(H,19,21);1H. The van der Waals surface area contributed by atoms with E-state index in [9.17, 15) is 4.79 Å². The number of piperidine rings is 1. The third-order valence-electron chi connectivity index (χ3n) is 5.08. The van der Waals surface area contributed by atoms with Crippen LogP contribution in [0.1, 0.15) is 51.9 Å². The summed E-state index contributed by atoms with van der Waals surface area (Å²) >= 11 is 0. The van der Waals surface area contributed by atoms with Crippen LogP contribution in [-0.4, -0.2) is 55.7 Å². The molecule has 23 heavy (non-hydrogen) atoms. The zero-order valence-electron chi connectivity index (χ0n) is 14.5. The van der Waals surface area contributed by atoms with Gasteiger partial charge in [-0.1, -0.05) is 13.3 Å². The Bertz CT molecular complexity index is 344. The summed E-state index contributed by atoms with van der Waals surface area (Å²) in [7, 11) is 0. The zero-order valence-corrected chi connectivity index (χ0v) is 15.3. The maximum absolute atomic E-state index is 11.6. The molecule has 0 aromatic carbocycles. The summed E-state index contributed by atoms with van der Waals surface area (Å²) < 4.78 is 5.79. The maximum atomic E-state index is 11.6. The van der Waals surface area contributed by atoms with Gasteiger partial charge in [0.15, 0.2) is 0 Å². The van der Waals surface area contributed by atoms with Crippen LogP contribution in [0.25, 0.3) is 0 Å². The first-order valence-electron chi connectivity index (χ1n) is 9.05. The lowest BCUT2D eigenvalue weighted by Crippen LogP contribution is -2.49. The molecule has 2 rings (SSSR count). The lowest BCUT2D eigenvalue weighted by Gasteiger charge is -2.40. The van der Waals surface area contributed by atoms with E-state index < -0.39 is 0 Å². The Morgan fingerprint density at radius 1 is 1.35 bits per heavy atom. The van der Waals surface area contributed by atoms with Gasteiger partial charge in [-0.3, -0.25) is 9.69 Å². The van der Waals surface area contributed by atoms with E-state index in [1.807, 2.05) is 0 Å². The first kappa shape index (κ1) is 20.7. The average Bonchev–Trinajstić information content (AvgIpc) is 2.54. The van der Waals surface area contributed by atoms with Crippen molar-refractivity contribution in [2.24, 2.45) is 11.7 Å². The molecule has 6 heteroatoms. The van der Waals surface area contributed by atoms with Gasteiger partial charge in [0, 0.05) is 38.7 Å². The molecule has 0 aliphatic carbocycles. The van der Waals surface area contributed by atoms with E-state index in [0.29, 0.717) is 25.1 Å². The first-order chi connectivity index (χ1) is 10.7. The van der Waals surface area contributed by atoms with Crippen molar-refractivity contribution in [3.63, 3.8) is 0 Å². The number of halogens is 1. The summed E-state index contributed by atoms with van der Waals surface area (Å²) in [6.45, 7) is 6.67. The first-order valence-corrected chi connectivity index (χ1v) is 9.05. The number of nitrogens with one attached hydrogen (secondary N) is 1. The van der Waals surface area contributed by atoms with Gasteiger partial charge < -0.3 is 15.8 Å². The minimum absolute atomic E-state index is 0. The third kappa shape index (κ3) is 6.96. The maximum Gasteiger partial charge on any atom is 0.221 e. The molecule has 136 valence electrons. The summed E-state index contributed by atoms with van der Waals surface area (Å²) in [4.78, 5) is 14.2. The van der Waals surface area contributed by atoms with Gasteiger partial charge in [0.05, 0.1) is 6.10 Å². The smallest absolute Gasteiger partial charge is 0.221 e. The lowest BCUT2D eigenvalue weighted by molar-refractivity contribution is -0.121. The van der Waals surface area contributed by atoms with Crippen molar-refractivity contribution in [2.45, 2.75) is 64.0 Å². The number of hydrogen-bond donors (Lipinski definition) is 2. The summed E-state index contributed by atoms with van der Waals surface area (Å²) in [5, 5.41) is 3.06. The van der Waals surface area contributed by atoms with Gasteiger partial charge in [-0.05, 0) is 44.6 Å². The highest BCUT2D eigenvalue weighted by Crippen LogP contribution is 2.26. The zero-order chi connectivity index (χ0) is 15.8. The largest absolute Gasteiger partial charge is 0.378 e. The summed E-state index contributed by atoms with van der Waals surface area (Å²) in [6, 6.07) is 0.499. The molecular weight excluding hydrogens is 314 g/mol. The van der Waals surface area contributed by atoms with Crippen molar-refractivity contribution in [1.29, 1.82) is 0 Å². The Morgan fingerprint density at radius 3 is 2.91 bits per heavy atom. The highest BCUT2D eigenvalue weighted by Gasteiger charge is 2.28. The van der Waals surface area contributed by atoms with Crippen molar-refractivity contribution in [3.8, 4) is 0 Å². The van der Waals surface area contributed by atoms with Crippen molar-refractivity contribution >= 4 is 18.3 Å². The fraction of sp³-hybridized carbons (Fsp3) is 0.941. The molecule has 2 fully saturated rings. The van der Waals surface area contributed by atoms with Crippen molar-refractivity contribution in [1.82, 2.24) is 10.2 Å². The lowest BCUT2D eigenvalue weighted by atomic mass is 9.92. The monoisotopic (exact) mass is 347 g/mol. The van der Waals surface area contributed by atoms with Crippen molar-refractivity contribution in [2.75, 3.05) is 32.8 Å². The SMILES string of the molecule is CCC1CC(CN2CCCCC2CNC(=O)CCN)CCO1.Cl. The molecule has 3 N–H and O–H groups in total. The van der Waals surface area contributed by atoms with E-state index >= 15 is 0 Å². The Morgan fingerprint density at radius 2 is 2.17 bits per heavy atom. The molecular formula is C17H34ClN3O2. The molecule has 0 aromatic heterocycles. The fourth-order valence-electron chi connectivity index (χ4n) is 3.72. The molecule has 2 heterocycles. The van der Waals surface area contributed by atoms with Crippen LogP contribution in [0.2, 0.25) is 0 Å². The minimum atomic E-state index is 0. The number of carbonyl (C=O) groups is 1. The number of carbonyl (C=O) groups excluding carboxylic acids is 1. The van der Waals surface area contributed by atoms with Crippen LogP contribution < -0.4 is 11.1 Å². The molecule has 0 radical (unpaired) electrons. The van der Waals surface area contributed by atoms with Crippen LogP contribution in [0.4, 0.5) is 0 Å². The molecule has 0 saturated carbocycles. The molecule has 1 amide bonds. The second kappa shape index (κ2) is 11.2. The topological polar surface area (TPSA) is 67.6 Å². The molecule has 3 unspecified atom stereocenters. The second-order valence-corrected chi connectivity index (χ2v) is 6.78. The Labute approximate surface area is 147 Å². The van der Waals surface area contributed by atoms with Gasteiger partial charge in [0.25, 0.3) is 0 Å². The Balaban J connectivity index is 0.00000264. The predicted molar refractivity (Wildman–Crippen MR) is 95.9 cm³/mol. The number of likely N-dealkylation sites (tertiary alicyclic amines) is 1. The van der Waals surface area contributed by atoms with Crippen LogP contribution in [-0.2, 0) is 9.53 Å². The second-order valence-electron chi connectivity index (χ2n) is 6.78. The Hall–Kier alpha value is -0.360. The molecule has 2 aliphatic heterocycles. The fourth-order valence-corrected chi connectivity index (χ4v) is 3.72. The van der Waals surface area contributed by atoms with Crippen molar-refractivity contribution in [3.05, 3.63) is 0 Å². The van der Waals surface area contributed by atoms with E-state index in [-0.39, 0.29) is 18.3 Å². The molecule has 5 nitrogen and oxygen atoms in total. The van der Waals surface area contributed by atoms with Gasteiger partial charge in [0.2, 0.25) is 5.91 Å². The van der Waals surface area contributed by atoms with Crippen LogP contribution in [0.15, 0.2) is 0 Å². The van der Waals surface area contributed by atoms with E-state index in [2.05, 4.69) is 17.1 Å². The van der Waals surface area contributed by atoms with E-state index in [4.69, 9.17) is 10.5 Å². The van der Waals surface area contributed by atoms with Crippen LogP contribution >= 0.6 is 12.4 Å². The summed E-state index contributed by atoms with van der Waals surface area (Å²) in [6.07, 6.45) is 8.14. The number of rotatable bonds is 7. The van der Waals surface area contributed by atoms with Gasteiger partial charge in [-0.2, -0.15) is 0 Å². The van der Waals surface area contributed by atoms with Crippen molar-refractivity contribution < 1.29 is 9.53 Å². The number of nitrogens with two attached hydrogens (primary N) is 1. The number of amides is 1. The number of nitrogens with zero attached hydrogens (tertiary/aromatic N) is 1. The van der Waals surface area contributed by atoms with Gasteiger partial charge in [-0.25, -0.2) is 0 Å². The normalized spacial score (nSPS) is 28.9. The quantitative estimate of drug-likeness (QED) is 0.738. The number of ether oxygens (including phenoxy) is 1. The highest BCUT2D eigenvalue weighted by atomic mass is 35.5. The molecule has 3 atom stereocenters. The molecule has 0 bridgehead atoms.